The van der Waals surface area contributed by atoms with Crippen molar-refractivity contribution in [3.8, 4) is 0 Å². The highest BCUT2D eigenvalue weighted by Crippen LogP contribution is 2.49. The van der Waals surface area contributed by atoms with Crippen LogP contribution in [0.25, 0.3) is 0 Å². The molecule has 9 atom stereocenters. The zero-order chi connectivity index (χ0) is 28.5. The topological polar surface area (TPSA) is 232 Å². The molecule has 6 N–H and O–H groups in total. The SMILES string of the molecule is COC1C(O)[C@@H](COP(O)(=S)OC2C(OC)[C@H](n3ccc(N)nc3=O)O[C@@H]2CO)O[C@H]1n1ccc(=O)[nH]c1=O. The van der Waals surface area contributed by atoms with Crippen LogP contribution in [0.15, 0.2) is 38.9 Å². The number of aromatic nitrogens is 4. The zero-order valence-electron chi connectivity index (χ0n) is 20.6. The van der Waals surface area contributed by atoms with Crippen LogP contribution in [0.5, 0.6) is 0 Å². The van der Waals surface area contributed by atoms with Gasteiger partial charge in [-0.25, -0.2) is 9.59 Å². The number of ether oxygens (including phenoxy) is 4. The van der Waals surface area contributed by atoms with Crippen molar-refractivity contribution >= 4 is 24.3 Å². The fraction of sp³-hybridized carbons (Fsp3) is 0.600. The van der Waals surface area contributed by atoms with Crippen molar-refractivity contribution in [3.05, 3.63) is 55.8 Å². The third-order valence-electron chi connectivity index (χ3n) is 6.23. The van der Waals surface area contributed by atoms with Gasteiger partial charge in [-0.15, -0.1) is 0 Å². The van der Waals surface area contributed by atoms with Gasteiger partial charge in [-0.05, 0) is 17.9 Å². The molecule has 0 aliphatic carbocycles. The molecule has 2 saturated heterocycles. The lowest BCUT2D eigenvalue weighted by atomic mass is 10.1. The van der Waals surface area contributed by atoms with Crippen LogP contribution < -0.4 is 22.7 Å². The van der Waals surface area contributed by atoms with Gasteiger partial charge >= 0.3 is 18.1 Å². The van der Waals surface area contributed by atoms with Gasteiger partial charge in [0.25, 0.3) is 5.56 Å². The number of H-pyrrole nitrogens is 1. The summed E-state index contributed by atoms with van der Waals surface area (Å²) in [6.45, 7) is -5.17. The number of nitrogen functional groups attached to an aromatic ring is 1. The normalized spacial score (nSPS) is 32.3. The fourth-order valence-electron chi connectivity index (χ4n) is 4.39. The Morgan fingerprint density at radius 1 is 1.08 bits per heavy atom. The van der Waals surface area contributed by atoms with E-state index < -0.39 is 86.0 Å². The molecule has 2 fully saturated rings. The number of nitrogens with one attached hydrogen (secondary N) is 1. The number of aliphatic hydroxyl groups excluding tert-OH is 2. The Morgan fingerprint density at radius 2 is 1.72 bits per heavy atom. The van der Waals surface area contributed by atoms with Gasteiger partial charge in [-0.2, -0.15) is 4.98 Å². The lowest BCUT2D eigenvalue weighted by Gasteiger charge is -2.27. The Balaban J connectivity index is 1.47. The van der Waals surface area contributed by atoms with Crippen LogP contribution in [0.2, 0.25) is 0 Å². The van der Waals surface area contributed by atoms with Gasteiger partial charge in [0, 0.05) is 32.7 Å². The Labute approximate surface area is 224 Å². The summed E-state index contributed by atoms with van der Waals surface area (Å²) in [5, 5.41) is 20.5. The van der Waals surface area contributed by atoms with E-state index in [1.165, 1.54) is 32.7 Å². The van der Waals surface area contributed by atoms with E-state index in [9.17, 15) is 29.5 Å². The molecule has 17 nitrogen and oxygen atoms in total. The summed E-state index contributed by atoms with van der Waals surface area (Å²) < 4.78 is 35.4. The van der Waals surface area contributed by atoms with Crippen LogP contribution in [-0.2, 0) is 39.8 Å². The van der Waals surface area contributed by atoms with Crippen molar-refractivity contribution < 1.29 is 43.1 Å². The van der Waals surface area contributed by atoms with Gasteiger partial charge in [0.05, 0.1) is 13.2 Å². The lowest BCUT2D eigenvalue weighted by Crippen LogP contribution is -2.39. The molecule has 2 aliphatic rings. The molecule has 0 aromatic carbocycles. The standard InChI is InChI=1S/C20H28N5O12PS/c1-32-15-13(28)10(36-17(15)25-6-4-12(27)23-20(25)30)8-34-38(31,39)37-14-9(7-26)35-18(16(14)33-2)24-5-3-11(21)22-19(24)29/h3-6,9-10,13-18,26,28H,7-8H2,1-2H3,(H,31,39)(H2,21,22,29)(H,23,27,30)/t9-,10-,13?,14?,15?,16?,17-,18-,38?/m1/s1. The number of anilines is 1. The Kier molecular flexibility index (Phi) is 9.14. The smallest absolute Gasteiger partial charge is 0.351 e. The molecule has 0 saturated carbocycles. The fourth-order valence-corrected chi connectivity index (χ4v) is 5.83. The molecule has 0 amide bonds. The van der Waals surface area contributed by atoms with E-state index in [0.717, 1.165) is 15.2 Å². The lowest BCUT2D eigenvalue weighted by molar-refractivity contribution is -0.0635. The van der Waals surface area contributed by atoms with Crippen LogP contribution in [0.1, 0.15) is 12.5 Å². The number of aromatic amines is 1. The maximum Gasteiger partial charge on any atom is 0.351 e. The second-order valence-electron chi connectivity index (χ2n) is 8.60. The molecule has 4 heterocycles. The molecule has 2 aromatic rings. The predicted octanol–water partition coefficient (Wildman–Crippen LogP) is -2.83. The highest BCUT2D eigenvalue weighted by atomic mass is 32.5. The van der Waals surface area contributed by atoms with Gasteiger partial charge in [0.1, 0.15) is 42.4 Å². The van der Waals surface area contributed by atoms with Gasteiger partial charge in [-0.3, -0.25) is 23.4 Å². The highest BCUT2D eigenvalue weighted by Gasteiger charge is 2.50. The third kappa shape index (κ3) is 6.21. The molecule has 39 heavy (non-hydrogen) atoms. The van der Waals surface area contributed by atoms with Crippen molar-refractivity contribution in [2.24, 2.45) is 0 Å². The molecule has 216 valence electrons. The molecular weight excluding hydrogens is 565 g/mol. The molecule has 2 aliphatic heterocycles. The van der Waals surface area contributed by atoms with Crippen LogP contribution >= 0.6 is 6.72 Å². The second-order valence-corrected chi connectivity index (χ2v) is 11.4. The maximum atomic E-state index is 12.3. The monoisotopic (exact) mass is 593 g/mol. The number of aliphatic hydroxyl groups is 2. The largest absolute Gasteiger partial charge is 0.394 e. The Bertz CT molecular complexity index is 1390. The minimum atomic E-state index is -4.10. The molecule has 19 heteroatoms. The molecule has 0 radical (unpaired) electrons. The summed E-state index contributed by atoms with van der Waals surface area (Å²) >= 11 is 5.14. The quantitative estimate of drug-likeness (QED) is 0.175. The zero-order valence-corrected chi connectivity index (χ0v) is 22.3. The summed E-state index contributed by atoms with van der Waals surface area (Å²) in [7, 11) is 2.60. The van der Waals surface area contributed by atoms with Gasteiger partial charge in [0.2, 0.25) is 0 Å². The predicted molar refractivity (Wildman–Crippen MR) is 134 cm³/mol. The van der Waals surface area contributed by atoms with Gasteiger partial charge in [-0.1, -0.05) is 0 Å². The first kappa shape index (κ1) is 29.6. The van der Waals surface area contributed by atoms with Crippen molar-refractivity contribution in [1.82, 2.24) is 19.1 Å². The minimum absolute atomic E-state index is 0.00585. The van der Waals surface area contributed by atoms with E-state index in [1.807, 2.05) is 0 Å². The first-order chi connectivity index (χ1) is 18.5. The first-order valence-corrected chi connectivity index (χ1v) is 14.1. The number of nitrogens with two attached hydrogens (primary N) is 1. The third-order valence-corrected chi connectivity index (χ3v) is 7.79. The molecular formula is C20H28N5O12PS. The summed E-state index contributed by atoms with van der Waals surface area (Å²) in [6.07, 6.45) is -6.50. The average molecular weight is 594 g/mol. The number of hydrogen-bond acceptors (Lipinski definition) is 14. The van der Waals surface area contributed by atoms with E-state index >= 15 is 0 Å². The van der Waals surface area contributed by atoms with Crippen molar-refractivity contribution in [2.45, 2.75) is 49.1 Å². The first-order valence-electron chi connectivity index (χ1n) is 11.5. The minimum Gasteiger partial charge on any atom is -0.394 e. The summed E-state index contributed by atoms with van der Waals surface area (Å²) in [5.74, 6) is -0.00585. The van der Waals surface area contributed by atoms with E-state index in [1.54, 1.807) is 0 Å². The van der Waals surface area contributed by atoms with Gasteiger partial charge in [0.15, 0.2) is 12.5 Å². The highest BCUT2D eigenvalue weighted by molar-refractivity contribution is 8.07. The molecule has 4 rings (SSSR count). The average Bonchev–Trinajstić information content (AvgIpc) is 3.38. The number of hydrogen-bond donors (Lipinski definition) is 5. The molecule has 5 unspecified atom stereocenters. The van der Waals surface area contributed by atoms with Crippen molar-refractivity contribution in [3.63, 3.8) is 0 Å². The summed E-state index contributed by atoms with van der Waals surface area (Å²) in [5.41, 5.74) is 3.39. The van der Waals surface area contributed by atoms with E-state index in [0.29, 0.717) is 0 Å². The Morgan fingerprint density at radius 3 is 2.33 bits per heavy atom. The van der Waals surface area contributed by atoms with Crippen molar-refractivity contribution in [1.29, 1.82) is 0 Å². The number of methoxy groups -OCH3 is 2. The van der Waals surface area contributed by atoms with Crippen LogP contribution in [0, 0.1) is 0 Å². The molecule has 2 aromatic heterocycles. The van der Waals surface area contributed by atoms with Crippen LogP contribution in [-0.4, -0.2) is 98.3 Å². The van der Waals surface area contributed by atoms with Gasteiger partial charge < -0.3 is 44.3 Å². The molecule has 0 bridgehead atoms. The van der Waals surface area contributed by atoms with E-state index in [-0.39, 0.29) is 5.82 Å². The van der Waals surface area contributed by atoms with Crippen molar-refractivity contribution in [2.75, 3.05) is 33.2 Å². The Hall–Kier alpha value is -2.35. The van der Waals surface area contributed by atoms with E-state index in [2.05, 4.69) is 9.97 Å². The van der Waals surface area contributed by atoms with Crippen LogP contribution in [0.4, 0.5) is 5.82 Å². The summed E-state index contributed by atoms with van der Waals surface area (Å²) in [4.78, 5) is 52.5. The maximum absolute atomic E-state index is 12.3. The summed E-state index contributed by atoms with van der Waals surface area (Å²) in [6, 6.07) is 2.47. The van der Waals surface area contributed by atoms with E-state index in [4.69, 9.17) is 45.5 Å². The second kappa shape index (κ2) is 12.0. The molecule has 0 spiro atoms. The number of rotatable bonds is 10. The number of nitrogens with zero attached hydrogens (tertiary/aromatic N) is 3. The van der Waals surface area contributed by atoms with Crippen LogP contribution in [0.3, 0.4) is 0 Å².